The smallest absolute Gasteiger partial charge is 0.253 e. The summed E-state index contributed by atoms with van der Waals surface area (Å²) in [4.78, 5) is 16.8. The highest BCUT2D eigenvalue weighted by molar-refractivity contribution is 5.95. The molecule has 1 aromatic heterocycles. The van der Waals surface area contributed by atoms with Crippen LogP contribution in [0.3, 0.4) is 0 Å². The first-order chi connectivity index (χ1) is 12.2. The maximum absolute atomic E-state index is 12.5. The molecule has 0 fully saturated rings. The van der Waals surface area contributed by atoms with Crippen molar-refractivity contribution < 1.29 is 9.90 Å². The Morgan fingerprint density at radius 3 is 2.39 bits per heavy atom. The lowest BCUT2D eigenvalue weighted by molar-refractivity contribution is 0.0916. The highest BCUT2D eigenvalue weighted by atomic mass is 35.5. The van der Waals surface area contributed by atoms with Gasteiger partial charge in [0.2, 0.25) is 0 Å². The maximum Gasteiger partial charge on any atom is 0.253 e. The van der Waals surface area contributed by atoms with Crippen molar-refractivity contribution in [1.29, 1.82) is 0 Å². The predicted molar refractivity (Wildman–Crippen MR) is 119 cm³/mol. The third kappa shape index (κ3) is 7.76. The van der Waals surface area contributed by atoms with E-state index in [4.69, 9.17) is 5.73 Å². The van der Waals surface area contributed by atoms with E-state index in [1.54, 1.807) is 18.3 Å². The second-order valence-electron chi connectivity index (χ2n) is 7.77. The summed E-state index contributed by atoms with van der Waals surface area (Å²) in [5.74, 6) is -0.194. The van der Waals surface area contributed by atoms with Gasteiger partial charge in [0.1, 0.15) is 0 Å². The van der Waals surface area contributed by atoms with Crippen LogP contribution in [0.5, 0.6) is 0 Å². The Bertz CT molecular complexity index is 763. The van der Waals surface area contributed by atoms with Gasteiger partial charge in [0, 0.05) is 24.2 Å². The SMILES string of the molecule is Cc1ccccc1C[C@@H](N)[C@@H](O)Cc1ncccc1C(=O)NC(C)(C)C.Cl.Cl. The zero-order chi connectivity index (χ0) is 19.3. The molecule has 0 aliphatic rings. The molecular weight excluding hydrogens is 397 g/mol. The third-order valence-electron chi connectivity index (χ3n) is 4.24. The van der Waals surface area contributed by atoms with E-state index in [1.165, 1.54) is 0 Å². The van der Waals surface area contributed by atoms with Gasteiger partial charge in [-0.25, -0.2) is 0 Å². The molecule has 0 spiro atoms. The van der Waals surface area contributed by atoms with Gasteiger partial charge in [-0.3, -0.25) is 9.78 Å². The van der Waals surface area contributed by atoms with Crippen LogP contribution in [0, 0.1) is 6.92 Å². The maximum atomic E-state index is 12.5. The monoisotopic (exact) mass is 427 g/mol. The molecule has 2 rings (SSSR count). The Kier molecular flexibility index (Phi) is 10.7. The highest BCUT2D eigenvalue weighted by Crippen LogP contribution is 2.15. The number of aryl methyl sites for hydroxylation is 1. The van der Waals surface area contributed by atoms with E-state index in [9.17, 15) is 9.90 Å². The van der Waals surface area contributed by atoms with Crippen molar-refractivity contribution in [3.8, 4) is 0 Å². The van der Waals surface area contributed by atoms with Gasteiger partial charge < -0.3 is 16.2 Å². The van der Waals surface area contributed by atoms with Crippen molar-refractivity contribution >= 4 is 30.7 Å². The summed E-state index contributed by atoms with van der Waals surface area (Å²) in [5.41, 5.74) is 9.17. The van der Waals surface area contributed by atoms with Crippen LogP contribution < -0.4 is 11.1 Å². The average molecular weight is 428 g/mol. The lowest BCUT2D eigenvalue weighted by atomic mass is 9.95. The molecule has 4 N–H and O–H groups in total. The Morgan fingerprint density at radius 1 is 1.14 bits per heavy atom. The minimum atomic E-state index is -0.786. The molecular formula is C21H31Cl2N3O2. The standard InChI is InChI=1S/C21H29N3O2.2ClH/c1-14-8-5-6-9-15(14)12-17(22)19(25)13-18-16(10-7-11-23-18)20(26)24-21(2,3)4;;/h5-11,17,19,25H,12-13,22H2,1-4H3,(H,24,26);2*1H/t17-,19+;;/m1../s1. The summed E-state index contributed by atoms with van der Waals surface area (Å²) in [6.07, 6.45) is 1.65. The van der Waals surface area contributed by atoms with Crippen LogP contribution in [-0.2, 0) is 12.8 Å². The third-order valence-corrected chi connectivity index (χ3v) is 4.24. The topological polar surface area (TPSA) is 88.2 Å². The molecule has 0 aliphatic heterocycles. The molecule has 0 aliphatic carbocycles. The van der Waals surface area contributed by atoms with E-state index in [1.807, 2.05) is 52.0 Å². The molecule has 5 nitrogen and oxygen atoms in total. The number of rotatable bonds is 6. The van der Waals surface area contributed by atoms with Gasteiger partial charge in [0.15, 0.2) is 0 Å². The number of hydrogen-bond acceptors (Lipinski definition) is 4. The number of nitrogens with one attached hydrogen (secondary N) is 1. The molecule has 0 saturated heterocycles. The summed E-state index contributed by atoms with van der Waals surface area (Å²) in [5, 5.41) is 13.5. The van der Waals surface area contributed by atoms with E-state index >= 15 is 0 Å². The van der Waals surface area contributed by atoms with Crippen LogP contribution >= 0.6 is 24.8 Å². The molecule has 1 aromatic carbocycles. The van der Waals surface area contributed by atoms with Crippen LogP contribution in [0.1, 0.15) is 48.0 Å². The first kappa shape index (κ1) is 26.3. The summed E-state index contributed by atoms with van der Waals surface area (Å²) >= 11 is 0. The van der Waals surface area contributed by atoms with Gasteiger partial charge >= 0.3 is 0 Å². The van der Waals surface area contributed by atoms with Crippen molar-refractivity contribution in [2.45, 2.75) is 58.2 Å². The molecule has 2 atom stereocenters. The number of aromatic nitrogens is 1. The average Bonchev–Trinajstić information content (AvgIpc) is 2.55. The van der Waals surface area contributed by atoms with E-state index < -0.39 is 12.1 Å². The number of amides is 1. The molecule has 0 radical (unpaired) electrons. The fourth-order valence-electron chi connectivity index (χ4n) is 2.79. The Labute approximate surface area is 180 Å². The van der Waals surface area contributed by atoms with E-state index in [-0.39, 0.29) is 42.7 Å². The van der Waals surface area contributed by atoms with Gasteiger partial charge in [-0.05, 0) is 57.4 Å². The Hall–Kier alpha value is -1.66. The fourth-order valence-corrected chi connectivity index (χ4v) is 2.79. The number of carbonyl (C=O) groups is 1. The largest absolute Gasteiger partial charge is 0.391 e. The second kappa shape index (κ2) is 11.4. The molecule has 0 saturated carbocycles. The van der Waals surface area contributed by atoms with E-state index in [0.29, 0.717) is 17.7 Å². The number of aliphatic hydroxyl groups excluding tert-OH is 1. The fraction of sp³-hybridized carbons (Fsp3) is 0.429. The summed E-state index contributed by atoms with van der Waals surface area (Å²) in [6.45, 7) is 7.80. The van der Waals surface area contributed by atoms with Crippen LogP contribution in [0.15, 0.2) is 42.6 Å². The second-order valence-corrected chi connectivity index (χ2v) is 7.77. The Balaban J connectivity index is 0.00000364. The number of nitrogens with two attached hydrogens (primary N) is 1. The van der Waals surface area contributed by atoms with Gasteiger partial charge in [-0.1, -0.05) is 24.3 Å². The molecule has 1 amide bonds. The number of nitrogens with zero attached hydrogens (tertiary/aromatic N) is 1. The van der Waals surface area contributed by atoms with Crippen LogP contribution in [0.25, 0.3) is 0 Å². The van der Waals surface area contributed by atoms with Crippen LogP contribution in [0.2, 0.25) is 0 Å². The number of pyridine rings is 1. The highest BCUT2D eigenvalue weighted by Gasteiger charge is 2.22. The number of halogens is 2. The quantitative estimate of drug-likeness (QED) is 0.659. The van der Waals surface area contributed by atoms with Crippen molar-refractivity contribution in [2.75, 3.05) is 0 Å². The summed E-state index contributed by atoms with van der Waals surface area (Å²) in [6, 6.07) is 11.0. The molecule has 0 unspecified atom stereocenters. The van der Waals surface area contributed by atoms with E-state index in [2.05, 4.69) is 10.3 Å². The minimum Gasteiger partial charge on any atom is -0.391 e. The molecule has 7 heteroatoms. The predicted octanol–water partition coefficient (Wildman–Crippen LogP) is 3.24. The van der Waals surface area contributed by atoms with Crippen LogP contribution in [0.4, 0.5) is 0 Å². The van der Waals surface area contributed by atoms with Crippen molar-refractivity contribution in [2.24, 2.45) is 5.73 Å². The lowest BCUT2D eigenvalue weighted by Gasteiger charge is -2.23. The number of carbonyl (C=O) groups excluding carboxylic acids is 1. The molecule has 0 bridgehead atoms. The number of benzene rings is 1. The number of hydrogen-bond donors (Lipinski definition) is 3. The van der Waals surface area contributed by atoms with Gasteiger partial charge in [-0.15, -0.1) is 24.8 Å². The van der Waals surface area contributed by atoms with Crippen molar-refractivity contribution in [3.63, 3.8) is 0 Å². The normalized spacial score (nSPS) is 12.9. The first-order valence-electron chi connectivity index (χ1n) is 8.92. The van der Waals surface area contributed by atoms with Gasteiger partial charge in [-0.2, -0.15) is 0 Å². The lowest BCUT2D eigenvalue weighted by Crippen LogP contribution is -2.42. The summed E-state index contributed by atoms with van der Waals surface area (Å²) in [7, 11) is 0. The van der Waals surface area contributed by atoms with Gasteiger partial charge in [0.25, 0.3) is 5.91 Å². The van der Waals surface area contributed by atoms with Gasteiger partial charge in [0.05, 0.1) is 17.4 Å². The van der Waals surface area contributed by atoms with Crippen molar-refractivity contribution in [3.05, 3.63) is 65.0 Å². The number of aliphatic hydroxyl groups is 1. The van der Waals surface area contributed by atoms with Crippen LogP contribution in [-0.4, -0.2) is 33.7 Å². The van der Waals surface area contributed by atoms with E-state index in [0.717, 1.165) is 11.1 Å². The summed E-state index contributed by atoms with van der Waals surface area (Å²) < 4.78 is 0. The first-order valence-corrected chi connectivity index (χ1v) is 8.92. The molecule has 156 valence electrons. The molecule has 28 heavy (non-hydrogen) atoms. The minimum absolute atomic E-state index is 0. The zero-order valence-corrected chi connectivity index (χ0v) is 18.4. The Morgan fingerprint density at radius 2 is 1.79 bits per heavy atom. The molecule has 2 aromatic rings. The zero-order valence-electron chi connectivity index (χ0n) is 16.8. The molecule has 1 heterocycles. The van der Waals surface area contributed by atoms with Crippen molar-refractivity contribution in [1.82, 2.24) is 10.3 Å².